The summed E-state index contributed by atoms with van der Waals surface area (Å²) in [7, 11) is 0. The topological polar surface area (TPSA) is 59.6 Å². The maximum atomic E-state index is 11.4. The Labute approximate surface area is 126 Å². The summed E-state index contributed by atoms with van der Waals surface area (Å²) in [5.41, 5.74) is 0.459. The highest BCUT2D eigenvalue weighted by molar-refractivity contribution is 5.67. The molecule has 2 N–H and O–H groups in total. The predicted molar refractivity (Wildman–Crippen MR) is 83.5 cm³/mol. The molecule has 0 aliphatic carbocycles. The highest BCUT2D eigenvalue weighted by Crippen LogP contribution is 2.15. The third-order valence-electron chi connectivity index (χ3n) is 2.30. The number of hydrogen-bond donors (Lipinski definition) is 2. The fraction of sp³-hybridized carbons (Fsp3) is 0.438. The zero-order valence-electron chi connectivity index (χ0n) is 12.7. The van der Waals surface area contributed by atoms with Gasteiger partial charge in [0.15, 0.2) is 0 Å². The van der Waals surface area contributed by atoms with Crippen molar-refractivity contribution in [2.75, 3.05) is 25.0 Å². The van der Waals surface area contributed by atoms with Crippen molar-refractivity contribution < 1.29 is 14.3 Å². The summed E-state index contributed by atoms with van der Waals surface area (Å²) in [4.78, 5) is 11.4. The molecule has 0 aromatic heterocycles. The molecule has 1 amide bonds. The summed E-state index contributed by atoms with van der Waals surface area (Å²) in [6.45, 7) is 6.82. The van der Waals surface area contributed by atoms with Gasteiger partial charge in [0.05, 0.1) is 0 Å². The number of terminal acetylenes is 1. The van der Waals surface area contributed by atoms with Gasteiger partial charge in [-0.05, 0) is 45.0 Å². The van der Waals surface area contributed by atoms with Gasteiger partial charge in [0.25, 0.3) is 0 Å². The second kappa shape index (κ2) is 8.05. The molecule has 0 heterocycles. The Bertz CT molecular complexity index is 484. The summed E-state index contributed by atoms with van der Waals surface area (Å²) in [5.74, 6) is 3.14. The van der Waals surface area contributed by atoms with Gasteiger partial charge in [-0.3, -0.25) is 0 Å². The second-order valence-corrected chi connectivity index (χ2v) is 5.37. The number of carbonyl (C=O) groups excluding carboxylic acids is 1. The average molecular weight is 290 g/mol. The normalized spacial score (nSPS) is 10.4. The molecular formula is C16H22N2O3. The average Bonchev–Trinajstić information content (AvgIpc) is 2.41. The molecule has 0 atom stereocenters. The van der Waals surface area contributed by atoms with Crippen molar-refractivity contribution in [3.8, 4) is 18.1 Å². The highest BCUT2D eigenvalue weighted by atomic mass is 16.6. The number of alkyl carbamates (subject to hydrolysis) is 1. The Morgan fingerprint density at radius 2 is 1.90 bits per heavy atom. The van der Waals surface area contributed by atoms with Gasteiger partial charge >= 0.3 is 6.09 Å². The largest absolute Gasteiger partial charge is 0.481 e. The van der Waals surface area contributed by atoms with E-state index in [1.165, 1.54) is 0 Å². The van der Waals surface area contributed by atoms with E-state index in [9.17, 15) is 4.79 Å². The minimum Gasteiger partial charge on any atom is -0.481 e. The highest BCUT2D eigenvalue weighted by Gasteiger charge is 2.15. The first-order valence-electron chi connectivity index (χ1n) is 6.78. The minimum absolute atomic E-state index is 0.257. The number of ether oxygens (including phenoxy) is 2. The molecule has 0 saturated carbocycles. The van der Waals surface area contributed by atoms with Gasteiger partial charge in [-0.2, -0.15) is 0 Å². The van der Waals surface area contributed by atoms with E-state index in [-0.39, 0.29) is 6.61 Å². The van der Waals surface area contributed by atoms with E-state index in [2.05, 4.69) is 16.6 Å². The van der Waals surface area contributed by atoms with Crippen LogP contribution in [0.5, 0.6) is 5.75 Å². The predicted octanol–water partition coefficient (Wildman–Crippen LogP) is 2.64. The minimum atomic E-state index is -0.480. The van der Waals surface area contributed by atoms with Crippen LogP contribution in [0.25, 0.3) is 0 Å². The van der Waals surface area contributed by atoms with Gasteiger partial charge in [-0.25, -0.2) is 4.79 Å². The third-order valence-corrected chi connectivity index (χ3v) is 2.30. The zero-order chi connectivity index (χ0) is 15.7. The summed E-state index contributed by atoms with van der Waals surface area (Å²) < 4.78 is 10.4. The summed E-state index contributed by atoms with van der Waals surface area (Å²) >= 11 is 0. The Balaban J connectivity index is 2.24. The number of benzene rings is 1. The fourth-order valence-electron chi connectivity index (χ4n) is 1.48. The molecule has 114 valence electrons. The van der Waals surface area contributed by atoms with E-state index in [0.29, 0.717) is 13.1 Å². The Kier molecular flexibility index (Phi) is 6.41. The van der Waals surface area contributed by atoms with E-state index >= 15 is 0 Å². The maximum Gasteiger partial charge on any atom is 0.407 e. The van der Waals surface area contributed by atoms with Crippen LogP contribution >= 0.6 is 0 Å². The van der Waals surface area contributed by atoms with E-state index in [0.717, 1.165) is 11.4 Å². The first-order valence-corrected chi connectivity index (χ1v) is 6.78. The van der Waals surface area contributed by atoms with Crippen molar-refractivity contribution in [2.45, 2.75) is 26.4 Å². The quantitative estimate of drug-likeness (QED) is 0.624. The molecule has 0 radical (unpaired) electrons. The fourth-order valence-corrected chi connectivity index (χ4v) is 1.48. The second-order valence-electron chi connectivity index (χ2n) is 5.37. The summed E-state index contributed by atoms with van der Waals surface area (Å²) in [6, 6.07) is 7.45. The van der Waals surface area contributed by atoms with Crippen LogP contribution in [0.1, 0.15) is 20.8 Å². The summed E-state index contributed by atoms with van der Waals surface area (Å²) in [5, 5.41) is 5.86. The molecule has 0 aliphatic heterocycles. The number of anilines is 1. The Hall–Kier alpha value is -2.35. The van der Waals surface area contributed by atoms with Crippen molar-refractivity contribution >= 4 is 11.8 Å². The molecular weight excluding hydrogens is 268 g/mol. The first kappa shape index (κ1) is 16.7. The number of carbonyl (C=O) groups is 1. The van der Waals surface area contributed by atoms with Crippen molar-refractivity contribution in [3.05, 3.63) is 24.3 Å². The van der Waals surface area contributed by atoms with Crippen LogP contribution in [-0.2, 0) is 4.74 Å². The van der Waals surface area contributed by atoms with Gasteiger partial charge in [0.1, 0.15) is 18.0 Å². The van der Waals surface area contributed by atoms with Crippen molar-refractivity contribution in [3.63, 3.8) is 0 Å². The van der Waals surface area contributed by atoms with Crippen molar-refractivity contribution in [2.24, 2.45) is 0 Å². The SMILES string of the molecule is C#CCOc1ccc(NCCNC(=O)OC(C)(C)C)cc1. The van der Waals surface area contributed by atoms with Crippen LogP contribution in [0.15, 0.2) is 24.3 Å². The number of hydrogen-bond acceptors (Lipinski definition) is 4. The molecule has 0 aliphatic rings. The van der Waals surface area contributed by atoms with Crippen LogP contribution in [0.4, 0.5) is 10.5 Å². The number of nitrogens with one attached hydrogen (secondary N) is 2. The molecule has 21 heavy (non-hydrogen) atoms. The van der Waals surface area contributed by atoms with Gasteiger partial charge in [0, 0.05) is 18.8 Å². The lowest BCUT2D eigenvalue weighted by Crippen LogP contribution is -2.34. The molecule has 0 spiro atoms. The van der Waals surface area contributed by atoms with E-state index < -0.39 is 11.7 Å². The lowest BCUT2D eigenvalue weighted by atomic mass is 10.2. The molecule has 0 bridgehead atoms. The molecule has 0 unspecified atom stereocenters. The van der Waals surface area contributed by atoms with Crippen molar-refractivity contribution in [1.82, 2.24) is 5.32 Å². The van der Waals surface area contributed by atoms with Crippen molar-refractivity contribution in [1.29, 1.82) is 0 Å². The molecule has 5 heteroatoms. The smallest absolute Gasteiger partial charge is 0.407 e. The zero-order valence-corrected chi connectivity index (χ0v) is 12.7. The van der Waals surface area contributed by atoms with Crippen LogP contribution in [0.2, 0.25) is 0 Å². The monoisotopic (exact) mass is 290 g/mol. The van der Waals surface area contributed by atoms with Crippen LogP contribution in [0.3, 0.4) is 0 Å². The molecule has 5 nitrogen and oxygen atoms in total. The summed E-state index contributed by atoms with van der Waals surface area (Å²) in [6.07, 6.45) is 4.70. The van der Waals surface area contributed by atoms with Crippen LogP contribution in [0, 0.1) is 12.3 Å². The lowest BCUT2D eigenvalue weighted by Gasteiger charge is -2.19. The molecule has 1 rings (SSSR count). The first-order chi connectivity index (χ1) is 9.90. The van der Waals surface area contributed by atoms with Gasteiger partial charge in [-0.15, -0.1) is 6.42 Å². The third kappa shape index (κ3) is 7.73. The standard InChI is InChI=1S/C16H22N2O3/c1-5-12-20-14-8-6-13(7-9-14)17-10-11-18-15(19)21-16(2,3)4/h1,6-9,17H,10-12H2,2-4H3,(H,18,19). The van der Waals surface area contributed by atoms with Gasteiger partial charge in [-0.1, -0.05) is 5.92 Å². The van der Waals surface area contributed by atoms with Gasteiger partial charge < -0.3 is 20.1 Å². The maximum absolute atomic E-state index is 11.4. The van der Waals surface area contributed by atoms with E-state index in [1.807, 2.05) is 45.0 Å². The van der Waals surface area contributed by atoms with Crippen LogP contribution in [-0.4, -0.2) is 31.4 Å². The van der Waals surface area contributed by atoms with E-state index in [1.54, 1.807) is 0 Å². The lowest BCUT2D eigenvalue weighted by molar-refractivity contribution is 0.0530. The Morgan fingerprint density at radius 1 is 1.24 bits per heavy atom. The Morgan fingerprint density at radius 3 is 2.48 bits per heavy atom. The number of amides is 1. The molecule has 1 aromatic rings. The molecule has 0 fully saturated rings. The van der Waals surface area contributed by atoms with E-state index in [4.69, 9.17) is 15.9 Å². The molecule has 0 saturated heterocycles. The van der Waals surface area contributed by atoms with Crippen LogP contribution < -0.4 is 15.4 Å². The molecule has 1 aromatic carbocycles. The number of rotatable bonds is 6. The van der Waals surface area contributed by atoms with Gasteiger partial charge in [0.2, 0.25) is 0 Å².